The van der Waals surface area contributed by atoms with Crippen LogP contribution in [0.1, 0.15) is 49.0 Å². The van der Waals surface area contributed by atoms with Crippen molar-refractivity contribution in [2.75, 3.05) is 0 Å². The molecule has 22 heavy (non-hydrogen) atoms. The van der Waals surface area contributed by atoms with Gasteiger partial charge >= 0.3 is 0 Å². The second-order valence-corrected chi connectivity index (χ2v) is 7.60. The Kier molecular flexibility index (Phi) is 2.86. The highest BCUT2D eigenvalue weighted by Gasteiger charge is 2.51. The zero-order chi connectivity index (χ0) is 15.5. The maximum atomic E-state index is 12.6. The van der Waals surface area contributed by atoms with Crippen molar-refractivity contribution < 1.29 is 9.72 Å². The minimum atomic E-state index is -0.457. The normalized spacial score (nSPS) is 35.6. The van der Waals surface area contributed by atoms with E-state index in [-0.39, 0.29) is 17.1 Å². The number of rotatable bonds is 3. The lowest BCUT2D eigenvalue weighted by Gasteiger charge is -2.56. The Bertz CT molecular complexity index is 614. The summed E-state index contributed by atoms with van der Waals surface area (Å²) in [7, 11) is 1.68. The molecule has 1 aromatic rings. The van der Waals surface area contributed by atoms with Gasteiger partial charge in [-0.15, -0.1) is 0 Å². The molecular formula is C16H21N3O3. The van der Waals surface area contributed by atoms with E-state index in [0.717, 1.165) is 37.0 Å². The quantitative estimate of drug-likeness (QED) is 0.689. The molecule has 0 spiro atoms. The molecular weight excluding hydrogens is 282 g/mol. The highest BCUT2D eigenvalue weighted by atomic mass is 16.6. The predicted molar refractivity (Wildman–Crippen MR) is 80.4 cm³/mol. The summed E-state index contributed by atoms with van der Waals surface area (Å²) in [6.45, 7) is 0. The highest BCUT2D eigenvalue weighted by Crippen LogP contribution is 2.55. The van der Waals surface area contributed by atoms with Gasteiger partial charge in [0.2, 0.25) is 0 Å². The second-order valence-electron chi connectivity index (χ2n) is 7.60. The smallest absolute Gasteiger partial charge is 0.287 e. The van der Waals surface area contributed by atoms with Crippen molar-refractivity contribution in [3.8, 4) is 0 Å². The lowest BCUT2D eigenvalue weighted by Crippen LogP contribution is -2.60. The molecule has 0 saturated heterocycles. The first-order chi connectivity index (χ1) is 10.4. The van der Waals surface area contributed by atoms with E-state index in [1.807, 2.05) is 0 Å². The number of aryl methyl sites for hydroxylation is 1. The molecule has 4 fully saturated rings. The molecule has 5 rings (SSSR count). The summed E-state index contributed by atoms with van der Waals surface area (Å²) in [4.78, 5) is 23.0. The minimum absolute atomic E-state index is 0.0295. The van der Waals surface area contributed by atoms with Gasteiger partial charge in [0.05, 0.1) is 11.1 Å². The lowest BCUT2D eigenvalue weighted by atomic mass is 9.53. The molecule has 0 radical (unpaired) electrons. The van der Waals surface area contributed by atoms with Crippen LogP contribution < -0.4 is 5.32 Å². The van der Waals surface area contributed by atoms with Gasteiger partial charge in [0.1, 0.15) is 5.69 Å². The van der Waals surface area contributed by atoms with Crippen molar-refractivity contribution in [3.63, 3.8) is 0 Å². The molecule has 4 bridgehead atoms. The number of nitrogens with zero attached hydrogens (tertiary/aromatic N) is 2. The number of carbonyl (C=O) groups excluding carboxylic acids is 1. The number of hydrogen-bond acceptors (Lipinski definition) is 3. The van der Waals surface area contributed by atoms with Gasteiger partial charge in [-0.1, -0.05) is 0 Å². The first-order valence-corrected chi connectivity index (χ1v) is 8.07. The molecule has 0 atom stereocenters. The third-order valence-corrected chi connectivity index (χ3v) is 5.85. The van der Waals surface area contributed by atoms with Crippen molar-refractivity contribution in [2.45, 2.75) is 44.1 Å². The standard InChI is InChI=1S/C16H21N3O3/c1-18-9-13(19(21)22)5-14(18)15(20)17-16-6-10-2-11(7-16)4-12(3-10)8-16/h5,9-12H,2-4,6-8H2,1H3,(H,17,20). The Morgan fingerprint density at radius 3 is 2.27 bits per heavy atom. The predicted octanol–water partition coefficient (Wildman–Crippen LogP) is 2.63. The van der Waals surface area contributed by atoms with Gasteiger partial charge < -0.3 is 9.88 Å². The number of hydrogen-bond donors (Lipinski definition) is 1. The van der Waals surface area contributed by atoms with Crippen molar-refractivity contribution in [3.05, 3.63) is 28.1 Å². The largest absolute Gasteiger partial charge is 0.345 e. The summed E-state index contributed by atoms with van der Waals surface area (Å²) in [5.41, 5.74) is 0.283. The molecule has 0 aromatic carbocycles. The van der Waals surface area contributed by atoms with Crippen LogP contribution in [0.5, 0.6) is 0 Å². The van der Waals surface area contributed by atoms with E-state index in [0.29, 0.717) is 5.69 Å². The average Bonchev–Trinajstić information content (AvgIpc) is 2.79. The van der Waals surface area contributed by atoms with E-state index in [1.165, 1.54) is 31.5 Å². The minimum Gasteiger partial charge on any atom is -0.345 e. The van der Waals surface area contributed by atoms with Gasteiger partial charge in [0, 0.05) is 18.7 Å². The van der Waals surface area contributed by atoms with Crippen molar-refractivity contribution in [1.82, 2.24) is 9.88 Å². The van der Waals surface area contributed by atoms with Crippen molar-refractivity contribution >= 4 is 11.6 Å². The average molecular weight is 303 g/mol. The zero-order valence-electron chi connectivity index (χ0n) is 12.7. The summed E-state index contributed by atoms with van der Waals surface area (Å²) >= 11 is 0. The van der Waals surface area contributed by atoms with Crippen LogP contribution in [-0.2, 0) is 7.05 Å². The van der Waals surface area contributed by atoms with E-state index in [4.69, 9.17) is 0 Å². The zero-order valence-corrected chi connectivity index (χ0v) is 12.7. The number of carbonyl (C=O) groups is 1. The molecule has 1 N–H and O–H groups in total. The molecule has 6 nitrogen and oxygen atoms in total. The fourth-order valence-corrected chi connectivity index (χ4v) is 5.44. The van der Waals surface area contributed by atoms with Crippen LogP contribution in [0, 0.1) is 27.9 Å². The summed E-state index contributed by atoms with van der Waals surface area (Å²) in [5.74, 6) is 2.11. The molecule has 118 valence electrons. The van der Waals surface area contributed by atoms with Gasteiger partial charge in [-0.25, -0.2) is 0 Å². The Balaban J connectivity index is 1.56. The molecule has 1 amide bonds. The fourth-order valence-electron chi connectivity index (χ4n) is 5.44. The SMILES string of the molecule is Cn1cc([N+](=O)[O-])cc1C(=O)NC12CC3CC(CC(C3)C1)C2. The van der Waals surface area contributed by atoms with E-state index < -0.39 is 4.92 Å². The number of nitrogens with one attached hydrogen (secondary N) is 1. The van der Waals surface area contributed by atoms with Crippen LogP contribution >= 0.6 is 0 Å². The summed E-state index contributed by atoms with van der Waals surface area (Å²) < 4.78 is 1.55. The number of nitro groups is 1. The summed E-state index contributed by atoms with van der Waals surface area (Å²) in [5, 5.41) is 14.1. The first-order valence-electron chi connectivity index (χ1n) is 8.07. The van der Waals surface area contributed by atoms with E-state index in [1.54, 1.807) is 11.6 Å². The molecule has 1 aromatic heterocycles. The lowest BCUT2D eigenvalue weighted by molar-refractivity contribution is -0.384. The first kappa shape index (κ1) is 13.8. The van der Waals surface area contributed by atoms with Gasteiger partial charge in [-0.2, -0.15) is 0 Å². The van der Waals surface area contributed by atoms with E-state index in [9.17, 15) is 14.9 Å². The third kappa shape index (κ3) is 2.12. The Morgan fingerprint density at radius 1 is 1.27 bits per heavy atom. The molecule has 4 aliphatic carbocycles. The van der Waals surface area contributed by atoms with Crippen LogP contribution in [0.3, 0.4) is 0 Å². The molecule has 4 aliphatic rings. The van der Waals surface area contributed by atoms with Crippen LogP contribution in [0.15, 0.2) is 12.3 Å². The highest BCUT2D eigenvalue weighted by molar-refractivity contribution is 5.94. The van der Waals surface area contributed by atoms with Gasteiger partial charge in [0.15, 0.2) is 0 Å². The van der Waals surface area contributed by atoms with Gasteiger partial charge in [-0.05, 0) is 56.3 Å². The molecule has 1 heterocycles. The molecule has 0 unspecified atom stereocenters. The summed E-state index contributed by atoms with van der Waals surface area (Å²) in [6, 6.07) is 1.37. The van der Waals surface area contributed by atoms with Crippen LogP contribution in [0.4, 0.5) is 5.69 Å². The van der Waals surface area contributed by atoms with Crippen LogP contribution in [0.25, 0.3) is 0 Å². The Labute approximate surface area is 129 Å². The Morgan fingerprint density at radius 2 is 1.82 bits per heavy atom. The second kappa shape index (κ2) is 4.57. The molecule has 4 saturated carbocycles. The van der Waals surface area contributed by atoms with Crippen LogP contribution in [0.2, 0.25) is 0 Å². The van der Waals surface area contributed by atoms with Gasteiger partial charge in [0.25, 0.3) is 11.6 Å². The fraction of sp³-hybridized carbons (Fsp3) is 0.688. The molecule has 0 aliphatic heterocycles. The summed E-state index contributed by atoms with van der Waals surface area (Å²) in [6.07, 6.45) is 8.61. The topological polar surface area (TPSA) is 77.2 Å². The van der Waals surface area contributed by atoms with Crippen molar-refractivity contribution in [2.24, 2.45) is 24.8 Å². The number of amides is 1. The Hall–Kier alpha value is -1.85. The maximum Gasteiger partial charge on any atom is 0.287 e. The number of aromatic nitrogens is 1. The monoisotopic (exact) mass is 303 g/mol. The maximum absolute atomic E-state index is 12.6. The van der Waals surface area contributed by atoms with Gasteiger partial charge in [-0.3, -0.25) is 14.9 Å². The van der Waals surface area contributed by atoms with E-state index in [2.05, 4.69) is 5.32 Å². The third-order valence-electron chi connectivity index (χ3n) is 5.85. The van der Waals surface area contributed by atoms with Crippen molar-refractivity contribution in [1.29, 1.82) is 0 Å². The van der Waals surface area contributed by atoms with Crippen LogP contribution in [-0.4, -0.2) is 20.9 Å². The molecule has 6 heteroatoms. The van der Waals surface area contributed by atoms with E-state index >= 15 is 0 Å².